The summed E-state index contributed by atoms with van der Waals surface area (Å²) in [6.45, 7) is 12.0. The number of thioether (sulfide) groups is 1. The third kappa shape index (κ3) is 7.69. The van der Waals surface area contributed by atoms with E-state index >= 15 is 0 Å². The smallest absolute Gasteiger partial charge is 0.205 e. The second kappa shape index (κ2) is 11.1. The monoisotopic (exact) mass is 418 g/mol. The topological polar surface area (TPSA) is 42.0 Å². The van der Waals surface area contributed by atoms with E-state index in [1.165, 1.54) is 30.6 Å². The van der Waals surface area contributed by atoms with Crippen molar-refractivity contribution >= 4 is 28.9 Å². The molecule has 0 aliphatic carbocycles. The number of hydrogen-bond donors (Lipinski definition) is 1. The van der Waals surface area contributed by atoms with E-state index in [1.54, 1.807) is 11.8 Å². The molecule has 0 aliphatic rings. The third-order valence-electron chi connectivity index (χ3n) is 4.43. The van der Waals surface area contributed by atoms with Gasteiger partial charge in [-0.05, 0) is 75.4 Å². The van der Waals surface area contributed by atoms with Gasteiger partial charge >= 0.3 is 0 Å². The van der Waals surface area contributed by atoms with Crippen molar-refractivity contribution in [1.29, 1.82) is 0 Å². The first-order chi connectivity index (χ1) is 13.3. The highest BCUT2D eigenvalue weighted by atomic mass is 32.2. The molecule has 154 valence electrons. The lowest BCUT2D eigenvalue weighted by atomic mass is 10.1. The molecule has 0 atom stereocenters. The van der Waals surface area contributed by atoms with Crippen LogP contribution >= 0.6 is 23.1 Å². The van der Waals surface area contributed by atoms with Crippen LogP contribution in [0.15, 0.2) is 34.7 Å². The summed E-state index contributed by atoms with van der Waals surface area (Å²) in [5.74, 6) is 1.46. The molecule has 2 heterocycles. The number of aromatic nitrogens is 1. The molecular formula is C23H34N2OS2. The summed E-state index contributed by atoms with van der Waals surface area (Å²) in [4.78, 5) is 18.4. The molecule has 0 aromatic carbocycles. The van der Waals surface area contributed by atoms with Gasteiger partial charge < -0.3 is 5.32 Å². The minimum absolute atomic E-state index is 0.0913. The van der Waals surface area contributed by atoms with Crippen molar-refractivity contribution in [2.75, 3.05) is 12.3 Å². The average Bonchev–Trinajstić information content (AvgIpc) is 3.17. The summed E-state index contributed by atoms with van der Waals surface area (Å²) in [6.07, 6.45) is 4.83. The quantitative estimate of drug-likeness (QED) is 0.256. The lowest BCUT2D eigenvalue weighted by Gasteiger charge is -2.20. The molecule has 0 fully saturated rings. The second-order valence-electron chi connectivity index (χ2n) is 8.49. The summed E-state index contributed by atoms with van der Waals surface area (Å²) in [6, 6.07) is 7.78. The Morgan fingerprint density at radius 1 is 1.14 bits per heavy atom. The van der Waals surface area contributed by atoms with Crippen LogP contribution in [0.25, 0.3) is 0 Å². The van der Waals surface area contributed by atoms with Gasteiger partial charge in [0, 0.05) is 11.2 Å². The molecule has 0 aliphatic heterocycles. The van der Waals surface area contributed by atoms with Crippen LogP contribution in [0.4, 0.5) is 0 Å². The highest BCUT2D eigenvalue weighted by molar-refractivity contribution is 7.99. The lowest BCUT2D eigenvalue weighted by molar-refractivity contribution is 0.103. The molecule has 0 saturated heterocycles. The van der Waals surface area contributed by atoms with Crippen molar-refractivity contribution in [3.63, 3.8) is 0 Å². The number of hydrogen-bond acceptors (Lipinski definition) is 5. The maximum atomic E-state index is 12.8. The number of rotatable bonds is 11. The Bertz CT molecular complexity index is 734. The molecule has 3 nitrogen and oxygen atoms in total. The molecule has 0 amide bonds. The second-order valence-corrected chi connectivity index (χ2v) is 10.5. The van der Waals surface area contributed by atoms with E-state index in [0.717, 1.165) is 39.9 Å². The minimum Gasteiger partial charge on any atom is -0.312 e. The van der Waals surface area contributed by atoms with Crippen LogP contribution in [-0.4, -0.2) is 28.6 Å². The molecule has 2 rings (SSSR count). The van der Waals surface area contributed by atoms with Gasteiger partial charge in [-0.15, -0.1) is 23.1 Å². The maximum Gasteiger partial charge on any atom is 0.205 e. The van der Waals surface area contributed by atoms with Crippen molar-refractivity contribution in [1.82, 2.24) is 10.3 Å². The van der Waals surface area contributed by atoms with Gasteiger partial charge in [-0.25, -0.2) is 4.98 Å². The summed E-state index contributed by atoms with van der Waals surface area (Å²) >= 11 is 3.22. The maximum absolute atomic E-state index is 12.8. The van der Waals surface area contributed by atoms with Gasteiger partial charge in [0.05, 0.1) is 10.4 Å². The predicted octanol–water partition coefficient (Wildman–Crippen LogP) is 6.54. The molecular weight excluding hydrogens is 384 g/mol. The van der Waals surface area contributed by atoms with Crippen LogP contribution in [0.5, 0.6) is 0 Å². The van der Waals surface area contributed by atoms with Crippen molar-refractivity contribution in [2.45, 2.75) is 76.8 Å². The van der Waals surface area contributed by atoms with E-state index in [2.05, 4.69) is 39.9 Å². The average molecular weight is 419 g/mol. The van der Waals surface area contributed by atoms with Gasteiger partial charge in [-0.2, -0.15) is 0 Å². The molecule has 2 aromatic rings. The lowest BCUT2D eigenvalue weighted by Crippen LogP contribution is -2.36. The molecule has 0 spiro atoms. The zero-order valence-electron chi connectivity index (χ0n) is 17.9. The number of ketones is 1. The van der Waals surface area contributed by atoms with Gasteiger partial charge in [-0.1, -0.05) is 32.8 Å². The number of nitrogens with zero attached hydrogens (tertiary/aromatic N) is 1. The fraction of sp³-hybridized carbons (Fsp3) is 0.565. The molecule has 28 heavy (non-hydrogen) atoms. The number of nitrogens with one attached hydrogen (secondary N) is 1. The number of pyridine rings is 1. The van der Waals surface area contributed by atoms with E-state index in [4.69, 9.17) is 4.98 Å². The van der Waals surface area contributed by atoms with Gasteiger partial charge in [-0.3, -0.25) is 4.79 Å². The number of carbonyl (C=O) groups excluding carboxylic acids is 1. The van der Waals surface area contributed by atoms with Gasteiger partial charge in [0.15, 0.2) is 0 Å². The Labute approximate surface area is 178 Å². The van der Waals surface area contributed by atoms with Crippen molar-refractivity contribution in [3.8, 4) is 0 Å². The van der Waals surface area contributed by atoms with Gasteiger partial charge in [0.25, 0.3) is 0 Å². The summed E-state index contributed by atoms with van der Waals surface area (Å²) in [5.41, 5.74) is 2.00. The zero-order chi connectivity index (χ0) is 20.6. The van der Waals surface area contributed by atoms with Crippen LogP contribution in [0, 0.1) is 0 Å². The minimum atomic E-state index is 0.0913. The number of unbranched alkanes of at least 4 members (excludes halogenated alkanes) is 3. The normalized spacial score (nSPS) is 11.9. The van der Waals surface area contributed by atoms with Crippen molar-refractivity contribution in [3.05, 3.63) is 45.8 Å². The van der Waals surface area contributed by atoms with Crippen LogP contribution in [0.1, 0.15) is 87.1 Å². The molecule has 0 unspecified atom stereocenters. The van der Waals surface area contributed by atoms with Gasteiger partial charge in [0.2, 0.25) is 5.78 Å². The van der Waals surface area contributed by atoms with Crippen LogP contribution in [0.2, 0.25) is 0 Å². The van der Waals surface area contributed by atoms with Crippen LogP contribution < -0.4 is 5.32 Å². The predicted molar refractivity (Wildman–Crippen MR) is 123 cm³/mol. The summed E-state index contributed by atoms with van der Waals surface area (Å²) in [5, 5.41) is 6.37. The molecule has 5 heteroatoms. The van der Waals surface area contributed by atoms with E-state index in [1.807, 2.05) is 29.6 Å². The van der Waals surface area contributed by atoms with Crippen LogP contribution in [0.3, 0.4) is 0 Å². The Kier molecular flexibility index (Phi) is 9.19. The molecule has 1 N–H and O–H groups in total. The Morgan fingerprint density at radius 3 is 2.54 bits per heavy atom. The SMILES string of the molecule is CC(C)c1ccc(C(=O)c2cccs2)c(SCCCCCCNC(C)(C)C)n1. The molecule has 2 aromatic heterocycles. The zero-order valence-corrected chi connectivity index (χ0v) is 19.5. The third-order valence-corrected chi connectivity index (χ3v) is 6.37. The highest BCUT2D eigenvalue weighted by Gasteiger charge is 2.17. The Morgan fingerprint density at radius 2 is 1.89 bits per heavy atom. The van der Waals surface area contributed by atoms with E-state index in [9.17, 15) is 4.79 Å². The largest absolute Gasteiger partial charge is 0.312 e. The molecule has 0 saturated carbocycles. The van der Waals surface area contributed by atoms with E-state index in [-0.39, 0.29) is 11.3 Å². The fourth-order valence-electron chi connectivity index (χ4n) is 2.81. The highest BCUT2D eigenvalue weighted by Crippen LogP contribution is 2.28. The fourth-order valence-corrected chi connectivity index (χ4v) is 4.52. The van der Waals surface area contributed by atoms with Crippen LogP contribution in [-0.2, 0) is 0 Å². The van der Waals surface area contributed by atoms with E-state index in [0.29, 0.717) is 5.92 Å². The molecule has 0 radical (unpaired) electrons. The first kappa shape index (κ1) is 23.1. The molecule has 0 bridgehead atoms. The van der Waals surface area contributed by atoms with Crippen molar-refractivity contribution in [2.24, 2.45) is 0 Å². The van der Waals surface area contributed by atoms with Crippen molar-refractivity contribution < 1.29 is 4.79 Å². The number of carbonyl (C=O) groups is 1. The number of thiophene rings is 1. The van der Waals surface area contributed by atoms with Gasteiger partial charge in [0.1, 0.15) is 5.03 Å². The van der Waals surface area contributed by atoms with E-state index < -0.39 is 0 Å². The standard InChI is InChI=1S/C23H34N2OS2/c1-17(2)19-13-12-18(21(26)20-11-10-16-27-20)22(25-19)28-15-9-7-6-8-14-24-23(3,4)5/h10-13,16-17,24H,6-9,14-15H2,1-5H3. The summed E-state index contributed by atoms with van der Waals surface area (Å²) < 4.78 is 0. The first-order valence-corrected chi connectivity index (χ1v) is 12.1. The summed E-state index contributed by atoms with van der Waals surface area (Å²) in [7, 11) is 0. The first-order valence-electron chi connectivity index (χ1n) is 10.2. The Hall–Kier alpha value is -1.17. The Balaban J connectivity index is 1.88.